The lowest BCUT2D eigenvalue weighted by Gasteiger charge is -2.23. The normalized spacial score (nSPS) is 19.2. The summed E-state index contributed by atoms with van der Waals surface area (Å²) in [5.41, 5.74) is 2.07. The highest BCUT2D eigenvalue weighted by molar-refractivity contribution is 7.98. The van der Waals surface area contributed by atoms with Crippen LogP contribution >= 0.6 is 11.8 Å². The second-order valence-electron chi connectivity index (χ2n) is 3.95. The van der Waals surface area contributed by atoms with Gasteiger partial charge in [0.1, 0.15) is 0 Å². The Balaban J connectivity index is 2.28. The maximum atomic E-state index is 10.8. The number of carboxylic acid groups (broad SMARTS) is 1. The zero-order valence-electron chi connectivity index (χ0n) is 9.14. The summed E-state index contributed by atoms with van der Waals surface area (Å²) in [7, 11) is 0. The van der Waals surface area contributed by atoms with Crippen molar-refractivity contribution in [1.82, 2.24) is 9.97 Å². The summed E-state index contributed by atoms with van der Waals surface area (Å²) in [6.07, 6.45) is 6.84. The number of thioether (sulfide) groups is 1. The van der Waals surface area contributed by atoms with E-state index in [1.54, 1.807) is 6.20 Å². The smallest absolute Gasteiger partial charge is 0.303 e. The number of aliphatic carboxylic acids is 1. The van der Waals surface area contributed by atoms with Gasteiger partial charge in [-0.05, 0) is 37.0 Å². The third kappa shape index (κ3) is 2.35. The van der Waals surface area contributed by atoms with Crippen LogP contribution in [0.1, 0.15) is 36.4 Å². The molecule has 16 heavy (non-hydrogen) atoms. The number of aryl methyl sites for hydroxylation is 1. The molecular formula is C11H14N2O2S. The van der Waals surface area contributed by atoms with Crippen molar-refractivity contribution in [1.29, 1.82) is 0 Å². The molecule has 0 saturated heterocycles. The summed E-state index contributed by atoms with van der Waals surface area (Å²) in [5.74, 6) is -0.649. The zero-order valence-corrected chi connectivity index (χ0v) is 9.96. The third-order valence-corrected chi connectivity index (χ3v) is 3.45. The Kier molecular flexibility index (Phi) is 3.43. The second-order valence-corrected chi connectivity index (χ2v) is 4.72. The first-order valence-corrected chi connectivity index (χ1v) is 6.54. The molecule has 1 atom stereocenters. The molecule has 1 unspecified atom stereocenters. The van der Waals surface area contributed by atoms with Crippen molar-refractivity contribution in [2.45, 2.75) is 36.8 Å². The Labute approximate surface area is 98.5 Å². The van der Waals surface area contributed by atoms with E-state index in [4.69, 9.17) is 5.11 Å². The van der Waals surface area contributed by atoms with Gasteiger partial charge in [0.05, 0.1) is 6.42 Å². The van der Waals surface area contributed by atoms with E-state index in [-0.39, 0.29) is 12.3 Å². The molecule has 1 aliphatic carbocycles. The maximum Gasteiger partial charge on any atom is 0.303 e. The van der Waals surface area contributed by atoms with Crippen molar-refractivity contribution in [2.75, 3.05) is 6.26 Å². The number of fused-ring (bicyclic) bond motifs is 1. The van der Waals surface area contributed by atoms with Crippen LogP contribution in [0.3, 0.4) is 0 Å². The number of carboxylic acids is 1. The Hall–Kier alpha value is -1.10. The predicted octanol–water partition coefficient (Wildman–Crippen LogP) is 2.09. The number of hydrogen-bond donors (Lipinski definition) is 1. The quantitative estimate of drug-likeness (QED) is 0.645. The van der Waals surface area contributed by atoms with Gasteiger partial charge < -0.3 is 5.11 Å². The van der Waals surface area contributed by atoms with Crippen LogP contribution in [-0.2, 0) is 11.2 Å². The van der Waals surface area contributed by atoms with Crippen molar-refractivity contribution >= 4 is 17.7 Å². The van der Waals surface area contributed by atoms with E-state index in [9.17, 15) is 4.79 Å². The van der Waals surface area contributed by atoms with Crippen molar-refractivity contribution in [3.63, 3.8) is 0 Å². The molecule has 0 bridgehead atoms. The average Bonchev–Trinajstić information content (AvgIpc) is 2.28. The van der Waals surface area contributed by atoms with Gasteiger partial charge >= 0.3 is 5.97 Å². The molecule has 4 nitrogen and oxygen atoms in total. The minimum Gasteiger partial charge on any atom is -0.481 e. The fourth-order valence-electron chi connectivity index (χ4n) is 2.14. The van der Waals surface area contributed by atoms with Gasteiger partial charge in [0.2, 0.25) is 0 Å². The molecule has 0 saturated carbocycles. The van der Waals surface area contributed by atoms with Crippen LogP contribution in [-0.4, -0.2) is 27.3 Å². The maximum absolute atomic E-state index is 10.8. The molecule has 0 aromatic carbocycles. The molecule has 0 fully saturated rings. The Morgan fingerprint density at radius 3 is 3.19 bits per heavy atom. The molecular weight excluding hydrogens is 224 g/mol. The first kappa shape index (κ1) is 11.4. The van der Waals surface area contributed by atoms with Gasteiger partial charge in [-0.3, -0.25) is 4.79 Å². The number of carbonyl (C=O) groups is 1. The first-order valence-electron chi connectivity index (χ1n) is 5.32. The SMILES string of the molecule is CSc1ncc2c(n1)CCCC2CC(=O)O. The standard InChI is InChI=1S/C11H14N2O2S/c1-16-11-12-6-8-7(5-10(14)15)3-2-4-9(8)13-11/h6-7H,2-5H2,1H3,(H,14,15). The van der Waals surface area contributed by atoms with Gasteiger partial charge in [0.15, 0.2) is 5.16 Å². The lowest BCUT2D eigenvalue weighted by molar-refractivity contribution is -0.137. The molecule has 5 heteroatoms. The highest BCUT2D eigenvalue weighted by Gasteiger charge is 2.24. The van der Waals surface area contributed by atoms with Gasteiger partial charge in [-0.1, -0.05) is 11.8 Å². The fraction of sp³-hybridized carbons (Fsp3) is 0.545. The van der Waals surface area contributed by atoms with Gasteiger partial charge in [-0.25, -0.2) is 9.97 Å². The Bertz CT molecular complexity index is 409. The summed E-state index contributed by atoms with van der Waals surface area (Å²) >= 11 is 1.52. The summed E-state index contributed by atoms with van der Waals surface area (Å²) < 4.78 is 0. The van der Waals surface area contributed by atoms with Gasteiger partial charge in [0, 0.05) is 11.9 Å². The predicted molar refractivity (Wildman–Crippen MR) is 61.7 cm³/mol. The first-order chi connectivity index (χ1) is 7.70. The van der Waals surface area contributed by atoms with Crippen LogP contribution in [0.2, 0.25) is 0 Å². The molecule has 2 rings (SSSR count). The lowest BCUT2D eigenvalue weighted by atomic mass is 9.84. The Morgan fingerprint density at radius 1 is 1.69 bits per heavy atom. The summed E-state index contributed by atoms with van der Waals surface area (Å²) in [6, 6.07) is 0. The van der Waals surface area contributed by atoms with Crippen LogP contribution in [0.15, 0.2) is 11.4 Å². The van der Waals surface area contributed by atoms with E-state index < -0.39 is 5.97 Å². The molecule has 0 radical (unpaired) electrons. The zero-order chi connectivity index (χ0) is 11.5. The van der Waals surface area contributed by atoms with E-state index >= 15 is 0 Å². The summed E-state index contributed by atoms with van der Waals surface area (Å²) in [4.78, 5) is 19.4. The average molecular weight is 238 g/mol. The number of hydrogen-bond acceptors (Lipinski definition) is 4. The van der Waals surface area contributed by atoms with Crippen molar-refractivity contribution in [2.24, 2.45) is 0 Å². The molecule has 0 amide bonds. The molecule has 1 aliphatic rings. The molecule has 1 N–H and O–H groups in total. The van der Waals surface area contributed by atoms with E-state index in [1.165, 1.54) is 11.8 Å². The highest BCUT2D eigenvalue weighted by Crippen LogP contribution is 2.33. The lowest BCUT2D eigenvalue weighted by Crippen LogP contribution is -2.15. The van der Waals surface area contributed by atoms with E-state index in [1.807, 2.05) is 6.26 Å². The van der Waals surface area contributed by atoms with Gasteiger partial charge in [-0.2, -0.15) is 0 Å². The van der Waals surface area contributed by atoms with Crippen molar-refractivity contribution in [3.05, 3.63) is 17.5 Å². The molecule has 1 heterocycles. The largest absolute Gasteiger partial charge is 0.481 e. The Morgan fingerprint density at radius 2 is 2.50 bits per heavy atom. The van der Waals surface area contributed by atoms with Gasteiger partial charge in [0.25, 0.3) is 0 Å². The van der Waals surface area contributed by atoms with Crippen LogP contribution in [0.5, 0.6) is 0 Å². The molecule has 0 aliphatic heterocycles. The van der Waals surface area contributed by atoms with Crippen LogP contribution < -0.4 is 0 Å². The highest BCUT2D eigenvalue weighted by atomic mass is 32.2. The summed E-state index contributed by atoms with van der Waals surface area (Å²) in [6.45, 7) is 0. The molecule has 1 aromatic heterocycles. The fourth-order valence-corrected chi connectivity index (χ4v) is 2.50. The molecule has 1 aromatic rings. The molecule has 86 valence electrons. The number of nitrogens with zero attached hydrogens (tertiary/aromatic N) is 2. The van der Waals surface area contributed by atoms with E-state index in [2.05, 4.69) is 9.97 Å². The van der Waals surface area contributed by atoms with Crippen LogP contribution in [0, 0.1) is 0 Å². The third-order valence-electron chi connectivity index (χ3n) is 2.89. The number of aromatic nitrogens is 2. The molecule has 0 spiro atoms. The second kappa shape index (κ2) is 4.82. The minimum atomic E-state index is -0.744. The minimum absolute atomic E-state index is 0.0946. The van der Waals surface area contributed by atoms with Crippen molar-refractivity contribution < 1.29 is 9.90 Å². The van der Waals surface area contributed by atoms with Crippen molar-refractivity contribution in [3.8, 4) is 0 Å². The van der Waals surface area contributed by atoms with Gasteiger partial charge in [-0.15, -0.1) is 0 Å². The van der Waals surface area contributed by atoms with E-state index in [0.29, 0.717) is 0 Å². The van der Waals surface area contributed by atoms with E-state index in [0.717, 1.165) is 35.7 Å². The topological polar surface area (TPSA) is 63.1 Å². The van der Waals surface area contributed by atoms with Crippen LogP contribution in [0.4, 0.5) is 0 Å². The number of rotatable bonds is 3. The monoisotopic (exact) mass is 238 g/mol. The van der Waals surface area contributed by atoms with Crippen LogP contribution in [0.25, 0.3) is 0 Å². The summed E-state index contributed by atoms with van der Waals surface area (Å²) in [5, 5.41) is 9.62.